The van der Waals surface area contributed by atoms with Gasteiger partial charge in [0.1, 0.15) is 0 Å². The van der Waals surface area contributed by atoms with Crippen molar-refractivity contribution in [2.45, 2.75) is 30.4 Å². The van der Waals surface area contributed by atoms with E-state index in [0.717, 1.165) is 4.31 Å². The molecule has 0 saturated carbocycles. The largest absolute Gasteiger partial charge is 0.325 e. The molecule has 118 valence electrons. The van der Waals surface area contributed by atoms with Crippen LogP contribution in [-0.4, -0.2) is 43.2 Å². The molecule has 7 heteroatoms. The van der Waals surface area contributed by atoms with Crippen molar-refractivity contribution < 1.29 is 13.2 Å². The van der Waals surface area contributed by atoms with Gasteiger partial charge in [0.2, 0.25) is 15.9 Å². The van der Waals surface area contributed by atoms with E-state index in [-0.39, 0.29) is 15.5 Å². The number of thioether (sulfide) groups is 1. The molecule has 0 heterocycles. The molecule has 0 radical (unpaired) electrons. The Hall–Kier alpha value is -1.05. The molecule has 0 aliphatic carbocycles. The van der Waals surface area contributed by atoms with E-state index >= 15 is 0 Å². The summed E-state index contributed by atoms with van der Waals surface area (Å²) in [5.41, 5.74) is 0.590. The number of rotatable bonds is 5. The Kier molecular flexibility index (Phi) is 5.83. The fourth-order valence-electron chi connectivity index (χ4n) is 1.40. The molecule has 1 aromatic carbocycles. The molecular formula is C14H22N2O3S2. The highest BCUT2D eigenvalue weighted by atomic mass is 32.2. The van der Waals surface area contributed by atoms with Crippen LogP contribution in [0.2, 0.25) is 0 Å². The lowest BCUT2D eigenvalue weighted by Crippen LogP contribution is -2.22. The number of sulfonamides is 1. The maximum Gasteiger partial charge on any atom is 0.242 e. The summed E-state index contributed by atoms with van der Waals surface area (Å²) in [4.78, 5) is 12.0. The van der Waals surface area contributed by atoms with E-state index in [1.54, 1.807) is 23.9 Å². The van der Waals surface area contributed by atoms with E-state index in [4.69, 9.17) is 0 Å². The smallest absolute Gasteiger partial charge is 0.242 e. The molecule has 0 fully saturated rings. The van der Waals surface area contributed by atoms with Gasteiger partial charge in [0.05, 0.1) is 10.6 Å². The van der Waals surface area contributed by atoms with E-state index in [0.29, 0.717) is 11.4 Å². The number of benzene rings is 1. The molecule has 1 aromatic rings. The Labute approximate surface area is 131 Å². The van der Waals surface area contributed by atoms with Crippen molar-refractivity contribution in [3.05, 3.63) is 24.3 Å². The number of nitrogens with zero attached hydrogens (tertiary/aromatic N) is 1. The number of hydrogen-bond donors (Lipinski definition) is 1. The molecule has 0 bridgehead atoms. The molecule has 5 nitrogen and oxygen atoms in total. The van der Waals surface area contributed by atoms with Crippen LogP contribution in [0.25, 0.3) is 0 Å². The lowest BCUT2D eigenvalue weighted by atomic mass is 10.3. The van der Waals surface area contributed by atoms with Crippen molar-refractivity contribution in [1.82, 2.24) is 4.31 Å². The van der Waals surface area contributed by atoms with Gasteiger partial charge in [0.15, 0.2) is 0 Å². The molecule has 0 atom stereocenters. The normalized spacial score (nSPS) is 12.5. The van der Waals surface area contributed by atoms with Gasteiger partial charge in [0.25, 0.3) is 0 Å². The van der Waals surface area contributed by atoms with Gasteiger partial charge in [-0.2, -0.15) is 0 Å². The number of anilines is 1. The zero-order valence-corrected chi connectivity index (χ0v) is 14.6. The maximum absolute atomic E-state index is 11.9. The van der Waals surface area contributed by atoms with Crippen LogP contribution in [0.1, 0.15) is 20.8 Å². The van der Waals surface area contributed by atoms with Gasteiger partial charge in [-0.05, 0) is 24.3 Å². The molecule has 0 aliphatic heterocycles. The number of amides is 1. The summed E-state index contributed by atoms with van der Waals surface area (Å²) in [5, 5.41) is 2.75. The lowest BCUT2D eigenvalue weighted by molar-refractivity contribution is -0.113. The second kappa shape index (κ2) is 6.81. The van der Waals surface area contributed by atoms with Gasteiger partial charge < -0.3 is 5.32 Å². The van der Waals surface area contributed by atoms with E-state index in [1.165, 1.54) is 26.2 Å². The van der Waals surface area contributed by atoms with E-state index in [2.05, 4.69) is 5.32 Å². The van der Waals surface area contributed by atoms with Crippen molar-refractivity contribution in [3.63, 3.8) is 0 Å². The topological polar surface area (TPSA) is 66.5 Å². The first-order chi connectivity index (χ1) is 9.52. The molecule has 0 aliphatic rings. The molecule has 0 aromatic heterocycles. The highest BCUT2D eigenvalue weighted by Gasteiger charge is 2.17. The first kappa shape index (κ1) is 18.0. The third-order valence-electron chi connectivity index (χ3n) is 2.55. The fraction of sp³-hybridized carbons (Fsp3) is 0.500. The van der Waals surface area contributed by atoms with Crippen molar-refractivity contribution in [2.24, 2.45) is 0 Å². The van der Waals surface area contributed by atoms with Crippen LogP contribution in [0.5, 0.6) is 0 Å². The van der Waals surface area contributed by atoms with Gasteiger partial charge in [0, 0.05) is 24.5 Å². The van der Waals surface area contributed by atoms with Crippen LogP contribution in [0.4, 0.5) is 5.69 Å². The van der Waals surface area contributed by atoms with E-state index in [1.807, 2.05) is 20.8 Å². The number of carbonyl (C=O) groups excluding carboxylic acids is 1. The van der Waals surface area contributed by atoms with Crippen LogP contribution >= 0.6 is 11.8 Å². The SMILES string of the molecule is CN(C)S(=O)(=O)c1ccc(NC(=O)CSC(C)(C)C)cc1. The van der Waals surface area contributed by atoms with Gasteiger partial charge in [-0.15, -0.1) is 11.8 Å². The standard InChI is InChI=1S/C14H22N2O3S2/c1-14(2,3)20-10-13(17)15-11-6-8-12(9-7-11)21(18,19)16(4)5/h6-9H,10H2,1-5H3,(H,15,17). The average Bonchev–Trinajstić information content (AvgIpc) is 2.36. The second-order valence-corrected chi connectivity index (χ2v) is 9.71. The summed E-state index contributed by atoms with van der Waals surface area (Å²) in [6.07, 6.45) is 0. The van der Waals surface area contributed by atoms with Crippen LogP contribution < -0.4 is 5.32 Å². The third-order valence-corrected chi connectivity index (χ3v) is 5.65. The third kappa shape index (κ3) is 5.68. The first-order valence-corrected chi connectivity index (χ1v) is 8.91. The number of hydrogen-bond acceptors (Lipinski definition) is 4. The highest BCUT2D eigenvalue weighted by Crippen LogP contribution is 2.23. The molecule has 1 rings (SSSR count). The molecule has 21 heavy (non-hydrogen) atoms. The number of carbonyl (C=O) groups is 1. The van der Waals surface area contributed by atoms with Gasteiger partial charge in [-0.3, -0.25) is 4.79 Å². The number of nitrogens with one attached hydrogen (secondary N) is 1. The van der Waals surface area contributed by atoms with E-state index < -0.39 is 10.0 Å². The maximum atomic E-state index is 11.9. The van der Waals surface area contributed by atoms with Crippen LogP contribution in [0.3, 0.4) is 0 Å². The summed E-state index contributed by atoms with van der Waals surface area (Å²) in [7, 11) is -0.473. The van der Waals surface area contributed by atoms with Crippen LogP contribution in [0, 0.1) is 0 Å². The zero-order valence-electron chi connectivity index (χ0n) is 13.0. The zero-order chi connectivity index (χ0) is 16.3. The highest BCUT2D eigenvalue weighted by molar-refractivity contribution is 8.01. The predicted octanol–water partition coefficient (Wildman–Crippen LogP) is 2.41. The van der Waals surface area contributed by atoms with Crippen LogP contribution in [0.15, 0.2) is 29.2 Å². The molecule has 0 saturated heterocycles. The Bertz CT molecular complexity index is 588. The van der Waals surface area contributed by atoms with Crippen molar-refractivity contribution in [2.75, 3.05) is 25.2 Å². The molecule has 0 spiro atoms. The molecular weight excluding hydrogens is 308 g/mol. The molecule has 0 unspecified atom stereocenters. The predicted molar refractivity (Wildman–Crippen MR) is 88.2 cm³/mol. The van der Waals surface area contributed by atoms with Crippen molar-refractivity contribution in [1.29, 1.82) is 0 Å². The van der Waals surface area contributed by atoms with Crippen molar-refractivity contribution >= 4 is 33.4 Å². The molecule has 1 N–H and O–H groups in total. The Morgan fingerprint density at radius 3 is 2.14 bits per heavy atom. The van der Waals surface area contributed by atoms with E-state index in [9.17, 15) is 13.2 Å². The minimum absolute atomic E-state index is 0.0288. The Balaban J connectivity index is 2.70. The monoisotopic (exact) mass is 330 g/mol. The summed E-state index contributed by atoms with van der Waals surface area (Å²) in [5.74, 6) is 0.263. The summed E-state index contributed by atoms with van der Waals surface area (Å²) >= 11 is 1.56. The summed E-state index contributed by atoms with van der Waals surface area (Å²) in [6, 6.07) is 6.16. The minimum atomic E-state index is -3.44. The van der Waals surface area contributed by atoms with Gasteiger partial charge in [-0.1, -0.05) is 20.8 Å². The quantitative estimate of drug-likeness (QED) is 0.900. The van der Waals surface area contributed by atoms with Crippen molar-refractivity contribution in [3.8, 4) is 0 Å². The molecule has 1 amide bonds. The summed E-state index contributed by atoms with van der Waals surface area (Å²) < 4.78 is 25.0. The summed E-state index contributed by atoms with van der Waals surface area (Å²) in [6.45, 7) is 6.14. The second-order valence-electron chi connectivity index (χ2n) is 5.76. The van der Waals surface area contributed by atoms with Gasteiger partial charge >= 0.3 is 0 Å². The Morgan fingerprint density at radius 2 is 1.71 bits per heavy atom. The van der Waals surface area contributed by atoms with Gasteiger partial charge in [-0.25, -0.2) is 12.7 Å². The average molecular weight is 330 g/mol. The first-order valence-electron chi connectivity index (χ1n) is 6.49. The Morgan fingerprint density at radius 1 is 1.19 bits per heavy atom. The minimum Gasteiger partial charge on any atom is -0.325 e. The lowest BCUT2D eigenvalue weighted by Gasteiger charge is -2.17. The fourth-order valence-corrected chi connectivity index (χ4v) is 2.94. The van der Waals surface area contributed by atoms with Crippen LogP contribution in [-0.2, 0) is 14.8 Å².